The van der Waals surface area contributed by atoms with Crippen LogP contribution in [0.4, 0.5) is 10.1 Å². The molecule has 0 aliphatic carbocycles. The number of aryl methyl sites for hydroxylation is 1. The van der Waals surface area contributed by atoms with Gasteiger partial charge in [0.05, 0.1) is 19.2 Å². The Balaban J connectivity index is 1.74. The van der Waals surface area contributed by atoms with Crippen molar-refractivity contribution < 1.29 is 18.8 Å². The summed E-state index contributed by atoms with van der Waals surface area (Å²) in [6.07, 6.45) is 0.985. The Morgan fingerprint density at radius 1 is 1.27 bits per heavy atom. The first kappa shape index (κ1) is 17.4. The second kappa shape index (κ2) is 6.59. The average molecular weight is 373 g/mol. The molecular formula is C20H22FN2O2S+. The van der Waals surface area contributed by atoms with Crippen LogP contribution in [-0.2, 0) is 12.1 Å². The first-order valence-corrected chi connectivity index (χ1v) is 9.75. The zero-order valence-electron chi connectivity index (χ0n) is 14.9. The second-order valence-corrected chi connectivity index (χ2v) is 7.61. The van der Waals surface area contributed by atoms with E-state index in [9.17, 15) is 9.50 Å². The molecule has 2 aliphatic rings. The number of aliphatic hydroxyl groups is 1. The third kappa shape index (κ3) is 2.68. The molecule has 0 spiro atoms. The van der Waals surface area contributed by atoms with Crippen LogP contribution in [0.2, 0.25) is 0 Å². The molecule has 1 unspecified atom stereocenters. The van der Waals surface area contributed by atoms with E-state index in [0.717, 1.165) is 23.0 Å². The Labute approximate surface area is 156 Å². The molecule has 0 radical (unpaired) electrons. The summed E-state index contributed by atoms with van der Waals surface area (Å²) >= 11 is 1.70. The summed E-state index contributed by atoms with van der Waals surface area (Å²) < 4.78 is 21.7. The molecule has 0 saturated heterocycles. The van der Waals surface area contributed by atoms with Crippen molar-refractivity contribution in [2.75, 3.05) is 30.9 Å². The maximum atomic E-state index is 14.7. The maximum Gasteiger partial charge on any atom is 0.316 e. The lowest BCUT2D eigenvalue weighted by Gasteiger charge is -2.23. The van der Waals surface area contributed by atoms with Crippen molar-refractivity contribution in [1.82, 2.24) is 0 Å². The summed E-state index contributed by atoms with van der Waals surface area (Å²) in [4.78, 5) is 2.08. The van der Waals surface area contributed by atoms with Crippen LogP contribution in [0.1, 0.15) is 18.1 Å². The minimum atomic E-state index is -1.39. The van der Waals surface area contributed by atoms with Crippen molar-refractivity contribution in [2.45, 2.75) is 19.1 Å². The van der Waals surface area contributed by atoms with E-state index in [1.807, 2.05) is 4.58 Å². The molecule has 26 heavy (non-hydrogen) atoms. The molecule has 4 rings (SSSR count). The lowest BCUT2D eigenvalue weighted by Crippen LogP contribution is -2.42. The summed E-state index contributed by atoms with van der Waals surface area (Å²) in [5.74, 6) is 0.866. The van der Waals surface area contributed by atoms with Gasteiger partial charge in [0.15, 0.2) is 6.54 Å². The Morgan fingerprint density at radius 2 is 2.04 bits per heavy atom. The number of rotatable bonds is 4. The third-order valence-electron chi connectivity index (χ3n) is 5.10. The van der Waals surface area contributed by atoms with Crippen molar-refractivity contribution in [3.05, 3.63) is 59.4 Å². The van der Waals surface area contributed by atoms with Gasteiger partial charge in [0.1, 0.15) is 17.3 Å². The largest absolute Gasteiger partial charge is 0.497 e. The van der Waals surface area contributed by atoms with Crippen LogP contribution in [-0.4, -0.2) is 40.8 Å². The Hall–Kier alpha value is -2.05. The van der Waals surface area contributed by atoms with E-state index in [1.54, 1.807) is 23.9 Å². The quantitative estimate of drug-likeness (QED) is 0.835. The molecule has 2 aromatic rings. The molecule has 2 aliphatic heterocycles. The molecule has 2 aromatic carbocycles. The Kier molecular flexibility index (Phi) is 4.40. The second-order valence-electron chi connectivity index (χ2n) is 6.55. The van der Waals surface area contributed by atoms with Gasteiger partial charge in [-0.15, -0.1) is 0 Å². The topological polar surface area (TPSA) is 35.7 Å². The minimum Gasteiger partial charge on any atom is -0.497 e. The zero-order chi connectivity index (χ0) is 18.3. The fourth-order valence-corrected chi connectivity index (χ4v) is 4.81. The molecule has 4 nitrogen and oxygen atoms in total. The molecule has 0 bridgehead atoms. The smallest absolute Gasteiger partial charge is 0.316 e. The summed E-state index contributed by atoms with van der Waals surface area (Å²) in [7, 11) is 1.50. The standard InChI is InChI=1S/C20H22FN2O2S/c1-3-14-4-6-15(7-5-14)22-13-20(24,23-10-11-26-19(22)23)17-9-8-16(25-2)12-18(17)21/h4-9,12,24H,3,10-11,13H2,1-2H3/q+1. The monoisotopic (exact) mass is 373 g/mol. The highest BCUT2D eigenvalue weighted by Crippen LogP contribution is 2.39. The van der Waals surface area contributed by atoms with Gasteiger partial charge in [-0.05, 0) is 48.0 Å². The normalized spacial score (nSPS) is 22.1. The number of hydrogen-bond donors (Lipinski definition) is 1. The molecular weight excluding hydrogens is 351 g/mol. The van der Waals surface area contributed by atoms with Crippen molar-refractivity contribution in [1.29, 1.82) is 0 Å². The third-order valence-corrected chi connectivity index (χ3v) is 6.18. The van der Waals surface area contributed by atoms with Crippen LogP contribution in [0.5, 0.6) is 5.75 Å². The molecule has 2 heterocycles. The lowest BCUT2D eigenvalue weighted by molar-refractivity contribution is -0.651. The number of halogens is 1. The van der Waals surface area contributed by atoms with E-state index in [2.05, 4.69) is 36.1 Å². The van der Waals surface area contributed by atoms with E-state index in [1.165, 1.54) is 18.7 Å². The van der Waals surface area contributed by atoms with Crippen LogP contribution >= 0.6 is 11.8 Å². The summed E-state index contributed by atoms with van der Waals surface area (Å²) in [6.45, 7) is 3.11. The molecule has 0 saturated carbocycles. The van der Waals surface area contributed by atoms with Crippen LogP contribution < -0.4 is 9.64 Å². The number of nitrogens with zero attached hydrogens (tertiary/aromatic N) is 2. The highest BCUT2D eigenvalue weighted by atomic mass is 32.2. The van der Waals surface area contributed by atoms with Gasteiger partial charge in [0.2, 0.25) is 0 Å². The number of thioether (sulfide) groups is 1. The molecule has 1 atom stereocenters. The van der Waals surface area contributed by atoms with Crippen molar-refractivity contribution in [2.24, 2.45) is 0 Å². The number of amidine groups is 1. The van der Waals surface area contributed by atoms with Gasteiger partial charge < -0.3 is 9.84 Å². The van der Waals surface area contributed by atoms with E-state index in [-0.39, 0.29) is 5.56 Å². The van der Waals surface area contributed by atoms with Gasteiger partial charge in [-0.2, -0.15) is 0 Å². The van der Waals surface area contributed by atoms with Gasteiger partial charge in [0.25, 0.3) is 5.72 Å². The number of benzene rings is 2. The van der Waals surface area contributed by atoms with Crippen molar-refractivity contribution in [3.8, 4) is 5.75 Å². The average Bonchev–Trinajstić information content (AvgIpc) is 3.25. The number of ether oxygens (including phenoxy) is 1. The lowest BCUT2D eigenvalue weighted by atomic mass is 10.0. The van der Waals surface area contributed by atoms with Gasteiger partial charge >= 0.3 is 5.17 Å². The molecule has 0 amide bonds. The summed E-state index contributed by atoms with van der Waals surface area (Å²) in [6, 6.07) is 13.0. The minimum absolute atomic E-state index is 0.283. The molecule has 136 valence electrons. The van der Waals surface area contributed by atoms with Gasteiger partial charge in [-0.3, -0.25) is 0 Å². The Morgan fingerprint density at radius 3 is 2.69 bits per heavy atom. The Bertz CT molecular complexity index is 869. The van der Waals surface area contributed by atoms with Gasteiger partial charge in [-0.25, -0.2) is 13.9 Å². The SMILES string of the molecule is CCc1ccc(N2CC(O)(c3ccc(OC)cc3F)[N+]3=C2SCC3)cc1. The van der Waals surface area contributed by atoms with E-state index < -0.39 is 11.5 Å². The molecule has 6 heteroatoms. The van der Waals surface area contributed by atoms with Crippen LogP contribution in [0, 0.1) is 5.82 Å². The van der Waals surface area contributed by atoms with Crippen molar-refractivity contribution in [3.63, 3.8) is 0 Å². The number of hydrogen-bond acceptors (Lipinski definition) is 4. The maximum absolute atomic E-state index is 14.7. The fourth-order valence-electron chi connectivity index (χ4n) is 3.63. The molecule has 0 aromatic heterocycles. The van der Waals surface area contributed by atoms with Gasteiger partial charge in [0, 0.05) is 11.8 Å². The molecule has 0 fully saturated rings. The first-order valence-electron chi connectivity index (χ1n) is 8.77. The number of β-amino-alcohol motifs (C(OH)–C–C–N with tert-alkyl or cyclic N) is 1. The predicted molar refractivity (Wildman–Crippen MR) is 103 cm³/mol. The highest BCUT2D eigenvalue weighted by molar-refractivity contribution is 8.14. The summed E-state index contributed by atoms with van der Waals surface area (Å²) in [5, 5.41) is 12.5. The van der Waals surface area contributed by atoms with E-state index in [4.69, 9.17) is 4.74 Å². The fraction of sp³-hybridized carbons (Fsp3) is 0.350. The van der Waals surface area contributed by atoms with E-state index >= 15 is 0 Å². The van der Waals surface area contributed by atoms with Crippen LogP contribution in [0.25, 0.3) is 0 Å². The summed E-state index contributed by atoms with van der Waals surface area (Å²) in [5.41, 5.74) is 1.18. The number of methoxy groups -OCH3 is 1. The predicted octanol–water partition coefficient (Wildman–Crippen LogP) is 3.18. The van der Waals surface area contributed by atoms with Crippen LogP contribution in [0.3, 0.4) is 0 Å². The molecule has 1 N–H and O–H groups in total. The zero-order valence-corrected chi connectivity index (χ0v) is 15.7. The van der Waals surface area contributed by atoms with E-state index in [0.29, 0.717) is 18.8 Å². The number of anilines is 1. The first-order chi connectivity index (χ1) is 12.6. The van der Waals surface area contributed by atoms with Crippen molar-refractivity contribution >= 4 is 22.6 Å². The highest BCUT2D eigenvalue weighted by Gasteiger charge is 2.55. The van der Waals surface area contributed by atoms with Gasteiger partial charge in [-0.1, -0.05) is 19.1 Å². The van der Waals surface area contributed by atoms with Crippen LogP contribution in [0.15, 0.2) is 42.5 Å².